The number of hydrogen-bond acceptors (Lipinski definition) is 4. The summed E-state index contributed by atoms with van der Waals surface area (Å²) in [6.45, 7) is 2.69. The second-order valence-corrected chi connectivity index (χ2v) is 7.59. The maximum Gasteiger partial charge on any atom is 0.251 e. The van der Waals surface area contributed by atoms with Gasteiger partial charge in [-0.1, -0.05) is 19.1 Å². The normalized spacial score (nSPS) is 12.9. The molecule has 0 spiro atoms. The zero-order valence-corrected chi connectivity index (χ0v) is 13.3. The van der Waals surface area contributed by atoms with E-state index in [9.17, 15) is 13.2 Å². The predicted molar refractivity (Wildman–Crippen MR) is 82.8 cm³/mol. The van der Waals surface area contributed by atoms with Crippen molar-refractivity contribution in [1.29, 1.82) is 0 Å². The van der Waals surface area contributed by atoms with Crippen LogP contribution >= 0.6 is 0 Å². The van der Waals surface area contributed by atoms with Crippen molar-refractivity contribution in [3.63, 3.8) is 0 Å². The summed E-state index contributed by atoms with van der Waals surface area (Å²) in [7, 11) is -3.06. The summed E-state index contributed by atoms with van der Waals surface area (Å²) in [6, 6.07) is 6.58. The second-order valence-electron chi connectivity index (χ2n) is 5.45. The van der Waals surface area contributed by atoms with Gasteiger partial charge in [0.05, 0.1) is 5.75 Å². The van der Waals surface area contributed by atoms with Gasteiger partial charge in [-0.2, -0.15) is 0 Å². The first kappa shape index (κ1) is 17.7. The van der Waals surface area contributed by atoms with Crippen molar-refractivity contribution in [2.45, 2.75) is 25.5 Å². The Bertz CT molecular complexity index is 552. The van der Waals surface area contributed by atoms with Gasteiger partial charge in [-0.15, -0.1) is 0 Å². The number of aliphatic hydroxyl groups is 1. The standard InChI is InChI=1S/C15H23NO4S/c1-12(10-17)4-3-9-16-15(18)14-7-5-13(6-8-14)11-21(2,19)20/h5-8,12,17H,3-4,9-11H2,1-2H3,(H,16,18). The summed E-state index contributed by atoms with van der Waals surface area (Å²) >= 11 is 0. The SMILES string of the molecule is CC(CO)CCCNC(=O)c1ccc(CS(C)(=O)=O)cc1. The lowest BCUT2D eigenvalue weighted by Crippen LogP contribution is -2.24. The van der Waals surface area contributed by atoms with E-state index in [1.54, 1.807) is 24.3 Å². The molecule has 21 heavy (non-hydrogen) atoms. The van der Waals surface area contributed by atoms with Crippen LogP contribution in [-0.2, 0) is 15.6 Å². The Morgan fingerprint density at radius 1 is 1.29 bits per heavy atom. The highest BCUT2D eigenvalue weighted by molar-refractivity contribution is 7.89. The zero-order valence-electron chi connectivity index (χ0n) is 12.5. The molecule has 0 heterocycles. The Hall–Kier alpha value is -1.40. The molecule has 1 unspecified atom stereocenters. The van der Waals surface area contributed by atoms with Gasteiger partial charge in [0.2, 0.25) is 0 Å². The quantitative estimate of drug-likeness (QED) is 0.710. The van der Waals surface area contributed by atoms with Crippen molar-refractivity contribution in [2.75, 3.05) is 19.4 Å². The van der Waals surface area contributed by atoms with Crippen molar-refractivity contribution < 1.29 is 18.3 Å². The van der Waals surface area contributed by atoms with Crippen molar-refractivity contribution in [1.82, 2.24) is 5.32 Å². The van der Waals surface area contributed by atoms with E-state index in [0.29, 0.717) is 17.7 Å². The highest BCUT2D eigenvalue weighted by Gasteiger charge is 2.08. The van der Waals surface area contributed by atoms with E-state index in [4.69, 9.17) is 5.11 Å². The lowest BCUT2D eigenvalue weighted by Gasteiger charge is -2.09. The maximum absolute atomic E-state index is 11.9. The van der Waals surface area contributed by atoms with Gasteiger partial charge in [-0.3, -0.25) is 4.79 Å². The third-order valence-electron chi connectivity index (χ3n) is 3.12. The van der Waals surface area contributed by atoms with Crippen LogP contribution in [0.2, 0.25) is 0 Å². The smallest absolute Gasteiger partial charge is 0.251 e. The summed E-state index contributed by atoms with van der Waals surface area (Å²) in [4.78, 5) is 11.9. The minimum absolute atomic E-state index is 0.0199. The Morgan fingerprint density at radius 2 is 1.90 bits per heavy atom. The zero-order chi connectivity index (χ0) is 15.9. The van der Waals surface area contributed by atoms with Crippen LogP contribution in [-0.4, -0.2) is 38.8 Å². The first-order chi connectivity index (χ1) is 9.81. The van der Waals surface area contributed by atoms with Gasteiger partial charge < -0.3 is 10.4 Å². The van der Waals surface area contributed by atoms with E-state index in [-0.39, 0.29) is 24.2 Å². The summed E-state index contributed by atoms with van der Waals surface area (Å²) in [5.41, 5.74) is 1.19. The van der Waals surface area contributed by atoms with Gasteiger partial charge in [0.1, 0.15) is 0 Å². The summed E-state index contributed by atoms with van der Waals surface area (Å²) in [5, 5.41) is 11.7. The number of nitrogens with one attached hydrogen (secondary N) is 1. The largest absolute Gasteiger partial charge is 0.396 e. The van der Waals surface area contributed by atoms with E-state index >= 15 is 0 Å². The van der Waals surface area contributed by atoms with Gasteiger partial charge >= 0.3 is 0 Å². The fourth-order valence-electron chi connectivity index (χ4n) is 1.90. The molecule has 1 aromatic carbocycles. The number of carbonyl (C=O) groups excluding carboxylic acids is 1. The Labute approximate surface area is 126 Å². The van der Waals surface area contributed by atoms with Crippen molar-refractivity contribution in [3.05, 3.63) is 35.4 Å². The average Bonchev–Trinajstić information content (AvgIpc) is 2.42. The van der Waals surface area contributed by atoms with Crippen LogP contribution in [0, 0.1) is 5.92 Å². The van der Waals surface area contributed by atoms with Crippen LogP contribution in [0.4, 0.5) is 0 Å². The molecule has 0 aliphatic heterocycles. The maximum atomic E-state index is 11.9. The lowest BCUT2D eigenvalue weighted by atomic mass is 10.1. The molecule has 1 aromatic rings. The van der Waals surface area contributed by atoms with Gasteiger partial charge in [0, 0.05) is 25.0 Å². The van der Waals surface area contributed by atoms with Crippen molar-refractivity contribution in [2.24, 2.45) is 5.92 Å². The fraction of sp³-hybridized carbons (Fsp3) is 0.533. The third-order valence-corrected chi connectivity index (χ3v) is 3.97. The van der Waals surface area contributed by atoms with Crippen LogP contribution < -0.4 is 5.32 Å². The molecule has 1 amide bonds. The summed E-state index contributed by atoms with van der Waals surface area (Å²) in [6.07, 6.45) is 2.87. The van der Waals surface area contributed by atoms with Crippen LogP contribution in [0.15, 0.2) is 24.3 Å². The van der Waals surface area contributed by atoms with E-state index in [1.807, 2.05) is 6.92 Å². The minimum atomic E-state index is -3.06. The molecule has 1 atom stereocenters. The van der Waals surface area contributed by atoms with E-state index in [0.717, 1.165) is 12.8 Å². The van der Waals surface area contributed by atoms with Gasteiger partial charge in [0.15, 0.2) is 9.84 Å². The summed E-state index contributed by atoms with van der Waals surface area (Å²) in [5.74, 6) is 0.0586. The predicted octanol–water partition coefficient (Wildman–Crippen LogP) is 1.37. The Balaban J connectivity index is 2.44. The molecule has 0 saturated heterocycles. The number of carbonyl (C=O) groups is 1. The molecule has 0 fully saturated rings. The third kappa shape index (κ3) is 7.24. The first-order valence-corrected chi connectivity index (χ1v) is 9.03. The lowest BCUT2D eigenvalue weighted by molar-refractivity contribution is 0.0952. The molecule has 0 aliphatic carbocycles. The number of rotatable bonds is 8. The van der Waals surface area contributed by atoms with Crippen molar-refractivity contribution >= 4 is 15.7 Å². The van der Waals surface area contributed by atoms with Crippen LogP contribution in [0.25, 0.3) is 0 Å². The van der Waals surface area contributed by atoms with E-state index < -0.39 is 9.84 Å². The molecular weight excluding hydrogens is 290 g/mol. The molecule has 1 rings (SSSR count). The van der Waals surface area contributed by atoms with Gasteiger partial charge in [-0.25, -0.2) is 8.42 Å². The fourth-order valence-corrected chi connectivity index (χ4v) is 2.70. The molecule has 6 heteroatoms. The topological polar surface area (TPSA) is 83.5 Å². The van der Waals surface area contributed by atoms with E-state index in [2.05, 4.69) is 5.32 Å². The number of amides is 1. The number of aliphatic hydroxyl groups excluding tert-OH is 1. The molecule has 5 nitrogen and oxygen atoms in total. The van der Waals surface area contributed by atoms with Crippen LogP contribution in [0.1, 0.15) is 35.7 Å². The number of sulfone groups is 1. The number of hydrogen-bond donors (Lipinski definition) is 2. The van der Waals surface area contributed by atoms with Gasteiger partial charge in [0.25, 0.3) is 5.91 Å². The van der Waals surface area contributed by atoms with Crippen molar-refractivity contribution in [3.8, 4) is 0 Å². The minimum Gasteiger partial charge on any atom is -0.396 e. The average molecular weight is 313 g/mol. The molecule has 0 saturated carbocycles. The van der Waals surface area contributed by atoms with Crippen LogP contribution in [0.3, 0.4) is 0 Å². The summed E-state index contributed by atoms with van der Waals surface area (Å²) < 4.78 is 22.4. The highest BCUT2D eigenvalue weighted by Crippen LogP contribution is 2.08. The first-order valence-electron chi connectivity index (χ1n) is 6.97. The molecule has 0 bridgehead atoms. The number of benzene rings is 1. The molecule has 0 radical (unpaired) electrons. The molecule has 2 N–H and O–H groups in total. The Kier molecular flexibility index (Phi) is 6.84. The highest BCUT2D eigenvalue weighted by atomic mass is 32.2. The molecule has 0 aliphatic rings. The molecular formula is C15H23NO4S. The van der Waals surface area contributed by atoms with Crippen LogP contribution in [0.5, 0.6) is 0 Å². The van der Waals surface area contributed by atoms with E-state index in [1.165, 1.54) is 6.26 Å². The molecule has 0 aromatic heterocycles. The second kappa shape index (κ2) is 8.14. The monoisotopic (exact) mass is 313 g/mol. The molecule has 118 valence electrons. The Morgan fingerprint density at radius 3 is 2.43 bits per heavy atom. The van der Waals surface area contributed by atoms with Gasteiger partial charge in [-0.05, 0) is 36.5 Å².